The lowest BCUT2D eigenvalue weighted by atomic mass is 10.0. The summed E-state index contributed by atoms with van der Waals surface area (Å²) in [5.74, 6) is 0.642. The van der Waals surface area contributed by atoms with Crippen LogP contribution in [0.3, 0.4) is 0 Å². The topological polar surface area (TPSA) is 39.1 Å². The van der Waals surface area contributed by atoms with Gasteiger partial charge >= 0.3 is 0 Å². The summed E-state index contributed by atoms with van der Waals surface area (Å²) in [4.78, 5) is 2.51. The molecule has 1 aromatic rings. The molecule has 3 nitrogen and oxygen atoms in total. The van der Waals surface area contributed by atoms with Gasteiger partial charge in [0.1, 0.15) is 5.82 Å². The van der Waals surface area contributed by atoms with Gasteiger partial charge in [-0.1, -0.05) is 6.42 Å². The van der Waals surface area contributed by atoms with Crippen LogP contribution in [0.15, 0.2) is 36.0 Å². The Kier molecular flexibility index (Phi) is 4.34. The molecule has 1 heterocycles. The predicted octanol–water partition coefficient (Wildman–Crippen LogP) is 3.65. The summed E-state index contributed by atoms with van der Waals surface area (Å²) in [7, 11) is 0. The molecule has 1 aromatic carbocycles. The third kappa shape index (κ3) is 3.32. The van der Waals surface area contributed by atoms with E-state index in [9.17, 15) is 4.39 Å². The average molecular weight is 287 g/mol. The van der Waals surface area contributed by atoms with E-state index in [1.54, 1.807) is 12.1 Å². The summed E-state index contributed by atoms with van der Waals surface area (Å²) in [6.45, 7) is 1.98. The molecule has 0 aromatic heterocycles. The van der Waals surface area contributed by atoms with Crippen LogP contribution in [0, 0.1) is 17.1 Å². The molecule has 0 unspecified atom stereocenters. The molecule has 0 spiro atoms. The minimum atomic E-state index is -0.235. The summed E-state index contributed by atoms with van der Waals surface area (Å²) >= 11 is 0. The number of hydrogen-bond donors (Lipinski definition) is 2. The zero-order valence-electron chi connectivity index (χ0n) is 12.2. The Morgan fingerprint density at radius 2 is 2.10 bits per heavy atom. The maximum atomic E-state index is 12.9. The van der Waals surface area contributed by atoms with Crippen molar-refractivity contribution >= 4 is 11.9 Å². The fourth-order valence-corrected chi connectivity index (χ4v) is 3.62. The van der Waals surface area contributed by atoms with Crippen LogP contribution in [0.2, 0.25) is 0 Å². The van der Waals surface area contributed by atoms with Crippen molar-refractivity contribution in [2.75, 3.05) is 18.4 Å². The largest absolute Gasteiger partial charge is 0.361 e. The molecule has 2 N–H and O–H groups in total. The van der Waals surface area contributed by atoms with Crippen LogP contribution in [-0.4, -0.2) is 30.2 Å². The lowest BCUT2D eigenvalue weighted by Crippen LogP contribution is -2.32. The van der Waals surface area contributed by atoms with Crippen LogP contribution in [0.25, 0.3) is 0 Å². The second kappa shape index (κ2) is 6.39. The Labute approximate surface area is 125 Å². The summed E-state index contributed by atoms with van der Waals surface area (Å²) in [6, 6.07) is 7.00. The first-order valence-electron chi connectivity index (χ1n) is 7.72. The highest BCUT2D eigenvalue weighted by Gasteiger charge is 2.37. The minimum Gasteiger partial charge on any atom is -0.361 e. The van der Waals surface area contributed by atoms with Crippen molar-refractivity contribution in [3.63, 3.8) is 0 Å². The molecule has 2 aliphatic rings. The molecule has 0 amide bonds. The first-order valence-corrected chi connectivity index (χ1v) is 7.72. The number of nitrogens with one attached hydrogen (secondary N) is 2. The van der Waals surface area contributed by atoms with Crippen LogP contribution in [-0.2, 0) is 0 Å². The lowest BCUT2D eigenvalue weighted by molar-refractivity contribution is 0.263. The number of fused-ring (bicyclic) bond motifs is 1. The second-order valence-electron chi connectivity index (χ2n) is 6.03. The molecular formula is C17H22FN3. The van der Waals surface area contributed by atoms with E-state index in [0.717, 1.165) is 36.3 Å². The first kappa shape index (κ1) is 14.3. The van der Waals surface area contributed by atoms with Gasteiger partial charge in [0.2, 0.25) is 0 Å². The van der Waals surface area contributed by atoms with E-state index in [-0.39, 0.29) is 5.82 Å². The highest BCUT2D eigenvalue weighted by molar-refractivity contribution is 5.77. The normalized spacial score (nSPS) is 25.9. The summed E-state index contributed by atoms with van der Waals surface area (Å²) in [5.41, 5.74) is 1.81. The Morgan fingerprint density at radius 1 is 1.29 bits per heavy atom. The Balaban J connectivity index is 1.60. The number of anilines is 1. The molecule has 4 heteroatoms. The number of nitrogens with zero attached hydrogens (tertiary/aromatic N) is 1. The highest BCUT2D eigenvalue weighted by Crippen LogP contribution is 2.37. The monoisotopic (exact) mass is 287 g/mol. The van der Waals surface area contributed by atoms with Gasteiger partial charge in [0.25, 0.3) is 0 Å². The van der Waals surface area contributed by atoms with Crippen molar-refractivity contribution < 1.29 is 4.39 Å². The van der Waals surface area contributed by atoms with Crippen molar-refractivity contribution in [1.29, 1.82) is 5.41 Å². The third-order valence-electron chi connectivity index (χ3n) is 4.71. The molecule has 1 saturated carbocycles. The fraction of sp³-hybridized carbons (Fsp3) is 0.471. The maximum Gasteiger partial charge on any atom is 0.123 e. The van der Waals surface area contributed by atoms with Crippen molar-refractivity contribution in [3.8, 4) is 0 Å². The average Bonchev–Trinajstić information content (AvgIpc) is 3.09. The van der Waals surface area contributed by atoms with E-state index in [1.165, 1.54) is 44.0 Å². The van der Waals surface area contributed by atoms with Crippen molar-refractivity contribution in [2.45, 2.75) is 31.7 Å². The molecular weight excluding hydrogens is 265 g/mol. The van der Waals surface area contributed by atoms with Crippen molar-refractivity contribution in [3.05, 3.63) is 41.9 Å². The Morgan fingerprint density at radius 3 is 2.86 bits per heavy atom. The molecule has 1 aliphatic carbocycles. The van der Waals surface area contributed by atoms with E-state index in [1.807, 2.05) is 6.20 Å². The molecule has 112 valence electrons. The van der Waals surface area contributed by atoms with E-state index >= 15 is 0 Å². The van der Waals surface area contributed by atoms with Gasteiger partial charge in [0.05, 0.1) is 0 Å². The minimum absolute atomic E-state index is 0.235. The van der Waals surface area contributed by atoms with Gasteiger partial charge in [-0.25, -0.2) is 4.39 Å². The van der Waals surface area contributed by atoms with Crippen LogP contribution >= 0.6 is 0 Å². The zero-order valence-corrected chi connectivity index (χ0v) is 12.2. The molecule has 2 atom stereocenters. The predicted molar refractivity (Wildman–Crippen MR) is 84.2 cm³/mol. The van der Waals surface area contributed by atoms with Crippen molar-refractivity contribution in [2.24, 2.45) is 5.92 Å². The van der Waals surface area contributed by atoms with E-state index in [4.69, 9.17) is 5.41 Å². The SMILES string of the molecule is N=C/C(=C\Nc1ccc(F)cc1)CN1CC[C@H]2CCC[C@H]21. The molecule has 3 rings (SSSR count). The number of halogens is 1. The van der Waals surface area contributed by atoms with E-state index in [0.29, 0.717) is 0 Å². The van der Waals surface area contributed by atoms with Crippen LogP contribution in [0.1, 0.15) is 25.7 Å². The lowest BCUT2D eigenvalue weighted by Gasteiger charge is -2.23. The fourth-order valence-electron chi connectivity index (χ4n) is 3.62. The van der Waals surface area contributed by atoms with Crippen LogP contribution in [0.4, 0.5) is 10.1 Å². The van der Waals surface area contributed by atoms with Gasteiger partial charge in [0.15, 0.2) is 0 Å². The van der Waals surface area contributed by atoms with Gasteiger partial charge in [-0.15, -0.1) is 0 Å². The van der Waals surface area contributed by atoms with Gasteiger partial charge in [-0.2, -0.15) is 0 Å². The Hall–Kier alpha value is -1.68. The highest BCUT2D eigenvalue weighted by atomic mass is 19.1. The maximum absolute atomic E-state index is 12.9. The standard InChI is InChI=1S/C17H22FN3/c18-15-4-6-16(7-5-15)20-11-13(10-19)12-21-9-8-14-2-1-3-17(14)21/h4-7,10-11,14,17,19-20H,1-3,8-9,12H2/b13-11+,19-10?/t14-,17-/m1/s1. The van der Waals surface area contributed by atoms with Crippen LogP contribution in [0.5, 0.6) is 0 Å². The number of benzene rings is 1. The Bertz CT molecular complexity index is 523. The van der Waals surface area contributed by atoms with Gasteiger partial charge < -0.3 is 10.7 Å². The molecule has 1 saturated heterocycles. The summed E-state index contributed by atoms with van der Waals surface area (Å²) in [6.07, 6.45) is 8.62. The first-order chi connectivity index (χ1) is 10.3. The smallest absolute Gasteiger partial charge is 0.123 e. The number of likely N-dealkylation sites (tertiary alicyclic amines) is 1. The van der Waals surface area contributed by atoms with E-state index < -0.39 is 0 Å². The molecule has 1 aliphatic heterocycles. The molecule has 0 radical (unpaired) electrons. The number of hydrogen-bond acceptors (Lipinski definition) is 3. The molecule has 2 fully saturated rings. The van der Waals surface area contributed by atoms with Gasteiger partial charge in [-0.05, 0) is 61.6 Å². The molecule has 21 heavy (non-hydrogen) atoms. The van der Waals surface area contributed by atoms with E-state index in [2.05, 4.69) is 10.2 Å². The second-order valence-corrected chi connectivity index (χ2v) is 6.03. The summed E-state index contributed by atoms with van der Waals surface area (Å²) < 4.78 is 12.9. The van der Waals surface area contributed by atoms with Crippen molar-refractivity contribution in [1.82, 2.24) is 4.90 Å². The zero-order chi connectivity index (χ0) is 14.7. The van der Waals surface area contributed by atoms with Crippen LogP contribution < -0.4 is 5.32 Å². The third-order valence-corrected chi connectivity index (χ3v) is 4.71. The summed E-state index contributed by atoms with van der Waals surface area (Å²) in [5, 5.41) is 10.7. The van der Waals surface area contributed by atoms with Gasteiger partial charge in [0, 0.05) is 30.7 Å². The number of rotatable bonds is 5. The quantitative estimate of drug-likeness (QED) is 0.811. The van der Waals surface area contributed by atoms with Gasteiger partial charge in [-0.3, -0.25) is 4.90 Å². The molecule has 0 bridgehead atoms.